The van der Waals surface area contributed by atoms with Crippen LogP contribution in [-0.2, 0) is 0 Å². The molecule has 18 heavy (non-hydrogen) atoms. The first-order valence-corrected chi connectivity index (χ1v) is 7.17. The minimum absolute atomic E-state index is 0.501. The van der Waals surface area contributed by atoms with Crippen molar-refractivity contribution >= 4 is 0 Å². The van der Waals surface area contributed by atoms with Gasteiger partial charge in [0.05, 0.1) is 0 Å². The van der Waals surface area contributed by atoms with Crippen LogP contribution in [0.5, 0.6) is 0 Å². The summed E-state index contributed by atoms with van der Waals surface area (Å²) in [5.74, 6) is 0.680. The Balaban J connectivity index is 1.92. The Morgan fingerprint density at radius 1 is 1.28 bits per heavy atom. The molecule has 0 aliphatic carbocycles. The molecule has 1 spiro atoms. The highest BCUT2D eigenvalue weighted by Crippen LogP contribution is 2.49. The van der Waals surface area contributed by atoms with Crippen molar-refractivity contribution < 1.29 is 0 Å². The van der Waals surface area contributed by atoms with Crippen LogP contribution >= 0.6 is 0 Å². The van der Waals surface area contributed by atoms with Gasteiger partial charge in [0.1, 0.15) is 0 Å². The van der Waals surface area contributed by atoms with E-state index in [9.17, 15) is 0 Å². The van der Waals surface area contributed by atoms with Crippen molar-refractivity contribution in [2.75, 3.05) is 26.7 Å². The second-order valence-corrected chi connectivity index (χ2v) is 6.25. The lowest BCUT2D eigenvalue weighted by Crippen LogP contribution is -2.45. The molecule has 98 valence electrons. The summed E-state index contributed by atoms with van der Waals surface area (Å²) in [6, 6.07) is 11.8. The van der Waals surface area contributed by atoms with Crippen molar-refractivity contribution in [3.8, 4) is 0 Å². The van der Waals surface area contributed by atoms with Gasteiger partial charge in [0.25, 0.3) is 0 Å². The Kier molecular flexibility index (Phi) is 3.16. The number of piperidine rings is 1. The summed E-state index contributed by atoms with van der Waals surface area (Å²) < 4.78 is 0. The van der Waals surface area contributed by atoms with E-state index in [2.05, 4.69) is 54.5 Å². The third kappa shape index (κ3) is 1.98. The highest BCUT2D eigenvalue weighted by Gasteiger charge is 2.47. The van der Waals surface area contributed by atoms with Gasteiger partial charge in [0, 0.05) is 25.0 Å². The van der Waals surface area contributed by atoms with E-state index in [4.69, 9.17) is 0 Å². The molecule has 1 N–H and O–H groups in total. The third-order valence-corrected chi connectivity index (χ3v) is 5.11. The average molecular weight is 244 g/mol. The molecule has 1 aromatic rings. The predicted molar refractivity (Wildman–Crippen MR) is 75.8 cm³/mol. The van der Waals surface area contributed by atoms with E-state index in [1.54, 1.807) is 0 Å². The second kappa shape index (κ2) is 4.67. The number of rotatable bonds is 1. The fourth-order valence-corrected chi connectivity index (χ4v) is 4.03. The number of likely N-dealkylation sites (tertiary alicyclic amines) is 1. The maximum Gasteiger partial charge on any atom is 0.00701 e. The minimum atomic E-state index is 0.501. The van der Waals surface area contributed by atoms with Gasteiger partial charge in [-0.2, -0.15) is 0 Å². The molecule has 3 atom stereocenters. The Morgan fingerprint density at radius 2 is 2.06 bits per heavy atom. The normalized spacial score (nSPS) is 37.2. The summed E-state index contributed by atoms with van der Waals surface area (Å²) >= 11 is 0. The lowest BCUT2D eigenvalue weighted by atomic mass is 9.67. The van der Waals surface area contributed by atoms with Gasteiger partial charge in [-0.25, -0.2) is 0 Å². The van der Waals surface area contributed by atoms with Crippen molar-refractivity contribution in [3.05, 3.63) is 35.9 Å². The van der Waals surface area contributed by atoms with Gasteiger partial charge < -0.3 is 10.2 Å². The summed E-state index contributed by atoms with van der Waals surface area (Å²) in [5, 5.41) is 3.60. The molecule has 1 aromatic carbocycles. The SMILES string of the molecule is CC1CC2(CCNCC2c2ccccc2)CN1C. The Hall–Kier alpha value is -0.860. The summed E-state index contributed by atoms with van der Waals surface area (Å²) in [4.78, 5) is 2.54. The van der Waals surface area contributed by atoms with Gasteiger partial charge in [-0.15, -0.1) is 0 Å². The predicted octanol–water partition coefficient (Wildman–Crippen LogP) is 2.47. The van der Waals surface area contributed by atoms with E-state index in [-0.39, 0.29) is 0 Å². The van der Waals surface area contributed by atoms with E-state index >= 15 is 0 Å². The van der Waals surface area contributed by atoms with Crippen molar-refractivity contribution in [2.24, 2.45) is 5.41 Å². The van der Waals surface area contributed by atoms with Gasteiger partial charge in [0.2, 0.25) is 0 Å². The largest absolute Gasteiger partial charge is 0.316 e. The number of hydrogen-bond donors (Lipinski definition) is 1. The van der Waals surface area contributed by atoms with E-state index in [1.807, 2.05) is 0 Å². The number of nitrogens with zero attached hydrogens (tertiary/aromatic N) is 1. The van der Waals surface area contributed by atoms with Gasteiger partial charge in [-0.05, 0) is 44.3 Å². The lowest BCUT2D eigenvalue weighted by Gasteiger charge is -2.42. The summed E-state index contributed by atoms with van der Waals surface area (Å²) in [5.41, 5.74) is 2.02. The zero-order valence-electron chi connectivity index (χ0n) is 11.5. The molecule has 0 amide bonds. The van der Waals surface area contributed by atoms with Crippen molar-refractivity contribution in [1.82, 2.24) is 10.2 Å². The van der Waals surface area contributed by atoms with Crippen LogP contribution in [0.1, 0.15) is 31.2 Å². The molecule has 2 heterocycles. The highest BCUT2D eigenvalue weighted by molar-refractivity contribution is 5.25. The molecule has 2 aliphatic heterocycles. The van der Waals surface area contributed by atoms with E-state index in [0.717, 1.165) is 12.6 Å². The standard InChI is InChI=1S/C16H24N2/c1-13-10-16(12-18(13)2)8-9-17-11-15(16)14-6-4-3-5-7-14/h3-7,13,15,17H,8-12H2,1-2H3. The molecule has 2 saturated heterocycles. The zero-order valence-corrected chi connectivity index (χ0v) is 11.5. The van der Waals surface area contributed by atoms with Gasteiger partial charge in [0.15, 0.2) is 0 Å². The molecular weight excluding hydrogens is 220 g/mol. The Labute approximate surface area is 110 Å². The Morgan fingerprint density at radius 3 is 2.72 bits per heavy atom. The Bertz CT molecular complexity index is 391. The average Bonchev–Trinajstić information content (AvgIpc) is 2.66. The fraction of sp³-hybridized carbons (Fsp3) is 0.625. The molecule has 3 unspecified atom stereocenters. The zero-order chi connectivity index (χ0) is 12.6. The maximum absolute atomic E-state index is 3.60. The summed E-state index contributed by atoms with van der Waals surface area (Å²) in [6.07, 6.45) is 2.67. The smallest absolute Gasteiger partial charge is 0.00701 e. The fourth-order valence-electron chi connectivity index (χ4n) is 4.03. The number of hydrogen-bond acceptors (Lipinski definition) is 2. The van der Waals surface area contributed by atoms with Crippen LogP contribution in [0.2, 0.25) is 0 Å². The van der Waals surface area contributed by atoms with Gasteiger partial charge >= 0.3 is 0 Å². The number of benzene rings is 1. The van der Waals surface area contributed by atoms with E-state index in [1.165, 1.54) is 31.5 Å². The quantitative estimate of drug-likeness (QED) is 0.816. The molecule has 3 rings (SSSR count). The highest BCUT2D eigenvalue weighted by atomic mass is 15.2. The van der Waals surface area contributed by atoms with E-state index in [0.29, 0.717) is 11.3 Å². The van der Waals surface area contributed by atoms with Gasteiger partial charge in [-0.1, -0.05) is 30.3 Å². The molecular formula is C16H24N2. The van der Waals surface area contributed by atoms with Crippen LogP contribution in [0.4, 0.5) is 0 Å². The van der Waals surface area contributed by atoms with Gasteiger partial charge in [-0.3, -0.25) is 0 Å². The summed E-state index contributed by atoms with van der Waals surface area (Å²) in [6.45, 7) is 5.96. The molecule has 0 saturated carbocycles. The third-order valence-electron chi connectivity index (χ3n) is 5.11. The second-order valence-electron chi connectivity index (χ2n) is 6.25. The topological polar surface area (TPSA) is 15.3 Å². The van der Waals surface area contributed by atoms with Crippen LogP contribution in [0, 0.1) is 5.41 Å². The molecule has 2 nitrogen and oxygen atoms in total. The monoisotopic (exact) mass is 244 g/mol. The maximum atomic E-state index is 3.60. The van der Waals surface area contributed by atoms with Crippen LogP contribution < -0.4 is 5.32 Å². The van der Waals surface area contributed by atoms with Crippen LogP contribution in [0.3, 0.4) is 0 Å². The van der Waals surface area contributed by atoms with Crippen LogP contribution in [0.25, 0.3) is 0 Å². The van der Waals surface area contributed by atoms with Crippen LogP contribution in [-0.4, -0.2) is 37.6 Å². The number of nitrogens with one attached hydrogen (secondary N) is 1. The van der Waals surface area contributed by atoms with Crippen molar-refractivity contribution in [2.45, 2.75) is 31.7 Å². The molecule has 2 fully saturated rings. The minimum Gasteiger partial charge on any atom is -0.316 e. The van der Waals surface area contributed by atoms with E-state index < -0.39 is 0 Å². The van der Waals surface area contributed by atoms with Crippen LogP contribution in [0.15, 0.2) is 30.3 Å². The molecule has 2 heteroatoms. The first-order chi connectivity index (χ1) is 8.71. The van der Waals surface area contributed by atoms with Crippen molar-refractivity contribution in [3.63, 3.8) is 0 Å². The first kappa shape index (κ1) is 12.2. The summed E-state index contributed by atoms with van der Waals surface area (Å²) in [7, 11) is 2.28. The first-order valence-electron chi connectivity index (χ1n) is 7.17. The molecule has 2 aliphatic rings. The molecule has 0 radical (unpaired) electrons. The molecule has 0 aromatic heterocycles. The molecule has 0 bridgehead atoms. The van der Waals surface area contributed by atoms with Crippen molar-refractivity contribution in [1.29, 1.82) is 0 Å². The lowest BCUT2D eigenvalue weighted by molar-refractivity contribution is 0.170.